The Hall–Kier alpha value is -0.830. The fourth-order valence-corrected chi connectivity index (χ4v) is 3.05. The van der Waals surface area contributed by atoms with Gasteiger partial charge in [0.15, 0.2) is 5.78 Å². The molecule has 100 valence electrons. The fraction of sp³-hybridized carbons (Fsp3) is 0.267. The van der Waals surface area contributed by atoms with E-state index in [0.717, 1.165) is 33.2 Å². The van der Waals surface area contributed by atoms with Crippen molar-refractivity contribution in [3.63, 3.8) is 0 Å². The highest BCUT2D eigenvalue weighted by Crippen LogP contribution is 2.29. The topological polar surface area (TPSA) is 17.1 Å². The number of thiophene rings is 1. The van der Waals surface area contributed by atoms with Crippen molar-refractivity contribution in [2.75, 3.05) is 5.88 Å². The molecule has 0 bridgehead atoms. The van der Waals surface area contributed by atoms with Crippen LogP contribution in [0.15, 0.2) is 36.4 Å². The quantitative estimate of drug-likeness (QED) is 0.382. The molecule has 1 heterocycles. The average Bonchev–Trinajstić information content (AvgIpc) is 2.89. The molecule has 4 heteroatoms. The molecule has 0 aliphatic heterocycles. The van der Waals surface area contributed by atoms with Crippen molar-refractivity contribution in [1.29, 1.82) is 0 Å². The van der Waals surface area contributed by atoms with Gasteiger partial charge in [-0.3, -0.25) is 4.79 Å². The second kappa shape index (κ2) is 7.09. The summed E-state index contributed by atoms with van der Waals surface area (Å²) in [6.07, 6.45) is 2.33. The molecule has 2 aromatic rings. The fourth-order valence-electron chi connectivity index (χ4n) is 1.76. The molecule has 0 N–H and O–H groups in total. The molecule has 0 saturated heterocycles. The van der Waals surface area contributed by atoms with Crippen LogP contribution < -0.4 is 0 Å². The van der Waals surface area contributed by atoms with Gasteiger partial charge in [0, 0.05) is 22.2 Å². The van der Waals surface area contributed by atoms with E-state index < -0.39 is 0 Å². The maximum absolute atomic E-state index is 12.0. The van der Waals surface area contributed by atoms with Crippen LogP contribution in [0.2, 0.25) is 5.02 Å². The van der Waals surface area contributed by atoms with Crippen LogP contribution in [-0.2, 0) is 0 Å². The molecule has 0 aliphatic rings. The third kappa shape index (κ3) is 4.07. The first kappa shape index (κ1) is 14.6. The highest BCUT2D eigenvalue weighted by atomic mass is 35.5. The lowest BCUT2D eigenvalue weighted by Gasteiger charge is -1.98. The van der Waals surface area contributed by atoms with Gasteiger partial charge < -0.3 is 0 Å². The third-order valence-electron chi connectivity index (χ3n) is 2.80. The van der Waals surface area contributed by atoms with Crippen LogP contribution in [-0.4, -0.2) is 11.7 Å². The Morgan fingerprint density at radius 1 is 1.05 bits per heavy atom. The summed E-state index contributed by atoms with van der Waals surface area (Å²) in [5.74, 6) is 0.823. The van der Waals surface area contributed by atoms with E-state index in [2.05, 4.69) is 0 Å². The number of ketones is 1. The van der Waals surface area contributed by atoms with Crippen LogP contribution in [0.25, 0.3) is 10.4 Å². The summed E-state index contributed by atoms with van der Waals surface area (Å²) in [5, 5.41) is 0.720. The van der Waals surface area contributed by atoms with Gasteiger partial charge in [-0.15, -0.1) is 22.9 Å². The van der Waals surface area contributed by atoms with E-state index in [1.54, 1.807) is 0 Å². The van der Waals surface area contributed by atoms with Crippen molar-refractivity contribution < 1.29 is 4.79 Å². The first-order valence-electron chi connectivity index (χ1n) is 6.15. The molecule has 0 saturated carbocycles. The zero-order valence-corrected chi connectivity index (χ0v) is 12.7. The van der Waals surface area contributed by atoms with Gasteiger partial charge in [0.2, 0.25) is 0 Å². The predicted molar refractivity (Wildman–Crippen MR) is 83.7 cm³/mol. The number of Topliss-reactive ketones (excluding diaryl/α,β-unsaturated/α-hetero) is 1. The second-order valence-corrected chi connectivity index (χ2v) is 6.14. The SMILES string of the molecule is O=C(CCCCCl)c1ccc(-c2ccc(Cl)cc2)s1. The minimum atomic E-state index is 0.204. The lowest BCUT2D eigenvalue weighted by atomic mass is 10.1. The highest BCUT2D eigenvalue weighted by Gasteiger charge is 2.10. The summed E-state index contributed by atoms with van der Waals surface area (Å²) in [5.41, 5.74) is 1.09. The normalized spacial score (nSPS) is 10.6. The molecule has 0 atom stereocenters. The van der Waals surface area contributed by atoms with Crippen molar-refractivity contribution in [3.05, 3.63) is 46.3 Å². The van der Waals surface area contributed by atoms with E-state index in [4.69, 9.17) is 23.2 Å². The third-order valence-corrected chi connectivity index (χ3v) is 4.49. The molecule has 0 unspecified atom stereocenters. The largest absolute Gasteiger partial charge is 0.293 e. The molecule has 0 aliphatic carbocycles. The van der Waals surface area contributed by atoms with Crippen LogP contribution in [0, 0.1) is 0 Å². The zero-order valence-electron chi connectivity index (χ0n) is 10.4. The second-order valence-electron chi connectivity index (χ2n) is 4.24. The maximum Gasteiger partial charge on any atom is 0.172 e. The monoisotopic (exact) mass is 312 g/mol. The van der Waals surface area contributed by atoms with Crippen LogP contribution in [0.3, 0.4) is 0 Å². The Labute approximate surface area is 127 Å². The summed E-state index contributed by atoms with van der Waals surface area (Å²) >= 11 is 13.0. The van der Waals surface area contributed by atoms with E-state index in [1.807, 2.05) is 36.4 Å². The number of hydrogen-bond acceptors (Lipinski definition) is 2. The molecular formula is C15H14Cl2OS. The number of carbonyl (C=O) groups is 1. The van der Waals surface area contributed by atoms with Gasteiger partial charge in [-0.2, -0.15) is 0 Å². The molecule has 0 spiro atoms. The number of unbranched alkanes of at least 4 members (excludes halogenated alkanes) is 1. The van der Waals surface area contributed by atoms with Gasteiger partial charge in [0.05, 0.1) is 4.88 Å². The van der Waals surface area contributed by atoms with E-state index in [0.29, 0.717) is 12.3 Å². The van der Waals surface area contributed by atoms with E-state index >= 15 is 0 Å². The van der Waals surface area contributed by atoms with E-state index in [-0.39, 0.29) is 5.78 Å². The summed E-state index contributed by atoms with van der Waals surface area (Å²) in [6.45, 7) is 0. The summed E-state index contributed by atoms with van der Waals surface area (Å²) in [7, 11) is 0. The average molecular weight is 313 g/mol. The number of benzene rings is 1. The molecule has 1 aromatic heterocycles. The van der Waals surface area contributed by atoms with E-state index in [1.165, 1.54) is 11.3 Å². The lowest BCUT2D eigenvalue weighted by Crippen LogP contribution is -1.95. The smallest absolute Gasteiger partial charge is 0.172 e. The van der Waals surface area contributed by atoms with Crippen LogP contribution in [0.4, 0.5) is 0 Å². The van der Waals surface area contributed by atoms with Crippen molar-refractivity contribution >= 4 is 40.3 Å². The van der Waals surface area contributed by atoms with E-state index in [9.17, 15) is 4.79 Å². The molecule has 0 amide bonds. The highest BCUT2D eigenvalue weighted by molar-refractivity contribution is 7.17. The number of hydrogen-bond donors (Lipinski definition) is 0. The summed E-state index contributed by atoms with van der Waals surface area (Å²) in [4.78, 5) is 13.9. The lowest BCUT2D eigenvalue weighted by molar-refractivity contribution is 0.0984. The minimum absolute atomic E-state index is 0.204. The Balaban J connectivity index is 2.06. The maximum atomic E-state index is 12.0. The van der Waals surface area contributed by atoms with Crippen molar-refractivity contribution in [1.82, 2.24) is 0 Å². The Morgan fingerprint density at radius 2 is 1.79 bits per heavy atom. The zero-order chi connectivity index (χ0) is 13.7. The molecule has 1 aromatic carbocycles. The Kier molecular flexibility index (Phi) is 5.44. The Bertz CT molecular complexity index is 546. The van der Waals surface area contributed by atoms with Crippen LogP contribution >= 0.6 is 34.5 Å². The number of rotatable bonds is 6. The Morgan fingerprint density at radius 3 is 2.47 bits per heavy atom. The van der Waals surface area contributed by atoms with Gasteiger partial charge in [-0.25, -0.2) is 0 Å². The van der Waals surface area contributed by atoms with Crippen LogP contribution in [0.1, 0.15) is 28.9 Å². The minimum Gasteiger partial charge on any atom is -0.293 e. The number of halogens is 2. The molecular weight excluding hydrogens is 299 g/mol. The van der Waals surface area contributed by atoms with Gasteiger partial charge in [-0.1, -0.05) is 23.7 Å². The molecule has 0 radical (unpaired) electrons. The van der Waals surface area contributed by atoms with Gasteiger partial charge >= 0.3 is 0 Å². The summed E-state index contributed by atoms with van der Waals surface area (Å²) in [6, 6.07) is 11.5. The summed E-state index contributed by atoms with van der Waals surface area (Å²) < 4.78 is 0. The first-order valence-corrected chi connectivity index (χ1v) is 7.88. The van der Waals surface area contributed by atoms with Gasteiger partial charge in [0.1, 0.15) is 0 Å². The molecule has 0 fully saturated rings. The first-order chi connectivity index (χ1) is 9.20. The standard InChI is InChI=1S/C15H14Cl2OS/c16-10-2-1-3-13(18)15-9-8-14(19-15)11-4-6-12(17)7-5-11/h4-9H,1-3,10H2. The molecule has 2 rings (SSSR count). The van der Waals surface area contributed by atoms with Gasteiger partial charge in [0.25, 0.3) is 0 Å². The van der Waals surface area contributed by atoms with Crippen molar-refractivity contribution in [3.8, 4) is 10.4 Å². The van der Waals surface area contributed by atoms with Gasteiger partial charge in [-0.05, 0) is 42.7 Å². The van der Waals surface area contributed by atoms with Crippen molar-refractivity contribution in [2.24, 2.45) is 0 Å². The number of alkyl halides is 1. The molecule has 19 heavy (non-hydrogen) atoms. The van der Waals surface area contributed by atoms with Crippen LogP contribution in [0.5, 0.6) is 0 Å². The molecule has 1 nitrogen and oxygen atoms in total. The number of carbonyl (C=O) groups excluding carboxylic acids is 1. The predicted octanol–water partition coefficient (Wildman–Crippen LogP) is 5.66. The van der Waals surface area contributed by atoms with Crippen molar-refractivity contribution in [2.45, 2.75) is 19.3 Å².